The summed E-state index contributed by atoms with van der Waals surface area (Å²) in [7, 11) is 0. The van der Waals surface area contributed by atoms with E-state index >= 15 is 0 Å². The number of rotatable bonds is 4. The third-order valence-corrected chi connectivity index (χ3v) is 6.60. The molecular formula is C19H22F2N4O2S. The van der Waals surface area contributed by atoms with E-state index in [1.165, 1.54) is 11.6 Å². The van der Waals surface area contributed by atoms with Gasteiger partial charge in [-0.25, -0.2) is 12.9 Å². The molecule has 0 radical (unpaired) electrons. The summed E-state index contributed by atoms with van der Waals surface area (Å²) in [6, 6.07) is 3.15. The summed E-state index contributed by atoms with van der Waals surface area (Å²) in [4.78, 5) is 2.30. The van der Waals surface area contributed by atoms with Crippen molar-refractivity contribution in [3.05, 3.63) is 52.9 Å². The van der Waals surface area contributed by atoms with Crippen LogP contribution in [-0.2, 0) is 22.6 Å². The Morgan fingerprint density at radius 1 is 1.18 bits per heavy atom. The fraction of sp³-hybridized carbons (Fsp3) is 0.526. The van der Waals surface area contributed by atoms with E-state index in [1.54, 1.807) is 11.9 Å². The Labute approximate surface area is 166 Å². The molecule has 2 unspecified atom stereocenters. The molecule has 4 heterocycles. The predicted molar refractivity (Wildman–Crippen MR) is 101 cm³/mol. The molecule has 9 heteroatoms. The van der Waals surface area contributed by atoms with Crippen LogP contribution in [0.15, 0.2) is 24.4 Å². The maximum Gasteiger partial charge on any atom is 0.129 e. The molecule has 3 aliphatic rings. The summed E-state index contributed by atoms with van der Waals surface area (Å²) in [5, 5.41) is 5.17. The Morgan fingerprint density at radius 3 is 2.75 bits per heavy atom. The smallest absolute Gasteiger partial charge is 0.129 e. The average Bonchev–Trinajstić information content (AvgIpc) is 3.19. The zero-order valence-corrected chi connectivity index (χ0v) is 16.1. The fourth-order valence-corrected chi connectivity index (χ4v) is 5.00. The number of nitrogens with two attached hydrogens (primary N) is 1. The Hall–Kier alpha value is -1.52. The van der Waals surface area contributed by atoms with Gasteiger partial charge in [0.05, 0.1) is 30.8 Å². The van der Waals surface area contributed by atoms with Crippen LogP contribution in [0.1, 0.15) is 29.3 Å². The molecule has 3 atom stereocenters. The lowest BCUT2D eigenvalue weighted by Gasteiger charge is -2.38. The molecule has 0 bridgehead atoms. The quantitative estimate of drug-likeness (QED) is 0.837. The van der Waals surface area contributed by atoms with Gasteiger partial charge >= 0.3 is 0 Å². The first-order chi connectivity index (χ1) is 13.6. The number of aromatic nitrogens is 2. The van der Waals surface area contributed by atoms with Crippen molar-refractivity contribution in [3.8, 4) is 0 Å². The van der Waals surface area contributed by atoms with E-state index in [0.717, 1.165) is 44.1 Å². The Bertz CT molecular complexity index is 852. The van der Waals surface area contributed by atoms with Crippen LogP contribution in [0.5, 0.6) is 0 Å². The molecule has 0 aliphatic carbocycles. The van der Waals surface area contributed by atoms with Crippen LogP contribution >= 0.6 is 11.9 Å². The first-order valence-corrected chi connectivity index (χ1v) is 10.3. The van der Waals surface area contributed by atoms with Gasteiger partial charge in [-0.15, -0.1) is 0 Å². The van der Waals surface area contributed by atoms with E-state index < -0.39 is 23.8 Å². The van der Waals surface area contributed by atoms with Crippen molar-refractivity contribution in [2.24, 2.45) is 5.73 Å². The van der Waals surface area contributed by atoms with E-state index in [0.29, 0.717) is 18.3 Å². The van der Waals surface area contributed by atoms with Gasteiger partial charge in [0.2, 0.25) is 0 Å². The number of hydrogen-bond acceptors (Lipinski definition) is 6. The Morgan fingerprint density at radius 2 is 2.04 bits per heavy atom. The lowest BCUT2D eigenvalue weighted by Crippen LogP contribution is -2.47. The number of benzene rings is 1. The molecule has 2 fully saturated rings. The maximum absolute atomic E-state index is 14.1. The largest absolute Gasteiger partial charge is 0.379 e. The number of ether oxygens (including phenoxy) is 2. The van der Waals surface area contributed by atoms with Gasteiger partial charge in [0, 0.05) is 42.5 Å². The molecule has 6 nitrogen and oxygen atoms in total. The van der Waals surface area contributed by atoms with Crippen LogP contribution in [0.4, 0.5) is 8.78 Å². The summed E-state index contributed by atoms with van der Waals surface area (Å²) in [5.41, 5.74) is 8.80. The molecular weight excluding hydrogens is 386 g/mol. The van der Waals surface area contributed by atoms with Crippen molar-refractivity contribution < 1.29 is 18.3 Å². The number of fused-ring (bicyclic) bond motifs is 1. The molecule has 0 amide bonds. The molecule has 2 N–H and O–H groups in total. The van der Waals surface area contributed by atoms with Crippen LogP contribution in [0.2, 0.25) is 0 Å². The Kier molecular flexibility index (Phi) is 4.88. The normalized spacial score (nSPS) is 28.3. The highest BCUT2D eigenvalue weighted by Gasteiger charge is 2.37. The summed E-state index contributed by atoms with van der Waals surface area (Å²) < 4.78 is 40.6. The van der Waals surface area contributed by atoms with Gasteiger partial charge in [-0.2, -0.15) is 5.10 Å². The van der Waals surface area contributed by atoms with Crippen molar-refractivity contribution in [3.63, 3.8) is 0 Å². The highest BCUT2D eigenvalue weighted by atomic mass is 32.2. The average molecular weight is 408 g/mol. The number of halogens is 2. The minimum Gasteiger partial charge on any atom is -0.379 e. The maximum atomic E-state index is 14.1. The van der Waals surface area contributed by atoms with Crippen molar-refractivity contribution in [2.45, 2.75) is 42.9 Å². The van der Waals surface area contributed by atoms with E-state index in [4.69, 9.17) is 15.2 Å². The SMILES string of the molecule is NC1CC(N2Cc3cn(SC4COC4)nc3C2)CO[C@@H]1c1cc(F)ccc1F. The van der Waals surface area contributed by atoms with Gasteiger partial charge in [0.1, 0.15) is 17.7 Å². The molecule has 28 heavy (non-hydrogen) atoms. The zero-order valence-electron chi connectivity index (χ0n) is 15.3. The number of hydrogen-bond donors (Lipinski definition) is 1. The van der Waals surface area contributed by atoms with Crippen LogP contribution < -0.4 is 5.73 Å². The van der Waals surface area contributed by atoms with Crippen molar-refractivity contribution >= 4 is 11.9 Å². The molecule has 1 aromatic carbocycles. The molecule has 0 saturated carbocycles. The van der Waals surface area contributed by atoms with Crippen molar-refractivity contribution in [2.75, 3.05) is 19.8 Å². The highest BCUT2D eigenvalue weighted by Crippen LogP contribution is 2.34. The van der Waals surface area contributed by atoms with Gasteiger partial charge < -0.3 is 15.2 Å². The topological polar surface area (TPSA) is 65.5 Å². The third-order valence-electron chi connectivity index (χ3n) is 5.63. The number of nitrogens with zero attached hydrogens (tertiary/aromatic N) is 3. The van der Waals surface area contributed by atoms with Crippen LogP contribution in [-0.4, -0.2) is 51.2 Å². The van der Waals surface area contributed by atoms with Crippen molar-refractivity contribution in [1.82, 2.24) is 14.1 Å². The van der Waals surface area contributed by atoms with Gasteiger partial charge in [0.15, 0.2) is 0 Å². The molecule has 2 aromatic rings. The standard InChI is InChI=1S/C19H22F2N4O2S/c20-12-1-2-16(21)15(3-12)19-17(22)4-13(8-27-19)24-5-11-6-25(23-18(11)7-24)28-14-9-26-10-14/h1-3,6,13-14,17,19H,4-5,7-10,22H2/t13?,17?,19-/m1/s1. The molecule has 150 valence electrons. The summed E-state index contributed by atoms with van der Waals surface area (Å²) in [6.07, 6.45) is 2.13. The molecule has 2 saturated heterocycles. The monoisotopic (exact) mass is 408 g/mol. The van der Waals surface area contributed by atoms with Crippen LogP contribution in [0, 0.1) is 11.6 Å². The van der Waals surface area contributed by atoms with Gasteiger partial charge in [0.25, 0.3) is 0 Å². The van der Waals surface area contributed by atoms with E-state index in [1.807, 2.05) is 4.09 Å². The molecule has 0 spiro atoms. The summed E-state index contributed by atoms with van der Waals surface area (Å²) in [5.74, 6) is -0.965. The molecule has 3 aliphatic heterocycles. The van der Waals surface area contributed by atoms with E-state index in [2.05, 4.69) is 16.2 Å². The minimum atomic E-state index is -0.623. The van der Waals surface area contributed by atoms with Gasteiger partial charge in [-0.05, 0) is 36.6 Å². The Balaban J connectivity index is 1.21. The van der Waals surface area contributed by atoms with E-state index in [-0.39, 0.29) is 11.6 Å². The second-order valence-corrected chi connectivity index (χ2v) is 8.90. The molecule has 5 rings (SSSR count). The fourth-order valence-electron chi connectivity index (χ4n) is 4.04. The second-order valence-electron chi connectivity index (χ2n) is 7.65. The van der Waals surface area contributed by atoms with Crippen LogP contribution in [0.3, 0.4) is 0 Å². The highest BCUT2D eigenvalue weighted by molar-refractivity contribution is 7.98. The lowest BCUT2D eigenvalue weighted by molar-refractivity contribution is -0.0533. The third kappa shape index (κ3) is 3.46. The second kappa shape index (κ2) is 7.38. The lowest BCUT2D eigenvalue weighted by atomic mass is 9.93. The van der Waals surface area contributed by atoms with E-state index in [9.17, 15) is 8.78 Å². The first kappa shape index (κ1) is 18.5. The predicted octanol–water partition coefficient (Wildman–Crippen LogP) is 2.23. The summed E-state index contributed by atoms with van der Waals surface area (Å²) in [6.45, 7) is 3.56. The van der Waals surface area contributed by atoms with Crippen LogP contribution in [0.25, 0.3) is 0 Å². The van der Waals surface area contributed by atoms with Crippen molar-refractivity contribution in [1.29, 1.82) is 0 Å². The molecule has 1 aromatic heterocycles. The first-order valence-electron chi connectivity index (χ1n) is 9.45. The van der Waals surface area contributed by atoms with Gasteiger partial charge in [-0.1, -0.05) is 0 Å². The summed E-state index contributed by atoms with van der Waals surface area (Å²) >= 11 is 1.70. The van der Waals surface area contributed by atoms with Gasteiger partial charge in [-0.3, -0.25) is 4.90 Å². The zero-order chi connectivity index (χ0) is 19.3. The minimum absolute atomic E-state index is 0.137.